The molecule has 0 bridgehead atoms. The molecule has 0 spiro atoms. The van der Waals surface area contributed by atoms with Crippen LogP contribution in [0.4, 0.5) is 4.39 Å². The highest BCUT2D eigenvalue weighted by molar-refractivity contribution is 5.56. The van der Waals surface area contributed by atoms with Crippen LogP contribution in [0.15, 0.2) is 47.0 Å². The zero-order chi connectivity index (χ0) is 18.7. The SMILES string of the molecule is Cc1ccc(-c2[nH]ncc2CNCC2(c3ccc(F)cc3)CCOCC2)o1. The lowest BCUT2D eigenvalue weighted by Crippen LogP contribution is -2.42. The topological polar surface area (TPSA) is 63.1 Å². The smallest absolute Gasteiger partial charge is 0.152 e. The first-order valence-corrected chi connectivity index (χ1v) is 9.30. The molecule has 1 aliphatic heterocycles. The second-order valence-corrected chi connectivity index (χ2v) is 7.18. The van der Waals surface area contributed by atoms with Crippen LogP contribution in [0, 0.1) is 12.7 Å². The van der Waals surface area contributed by atoms with E-state index < -0.39 is 0 Å². The number of nitrogens with zero attached hydrogens (tertiary/aromatic N) is 1. The first-order valence-electron chi connectivity index (χ1n) is 9.30. The Balaban J connectivity index is 1.48. The van der Waals surface area contributed by atoms with Gasteiger partial charge >= 0.3 is 0 Å². The van der Waals surface area contributed by atoms with Crippen molar-refractivity contribution in [3.63, 3.8) is 0 Å². The monoisotopic (exact) mass is 369 g/mol. The summed E-state index contributed by atoms with van der Waals surface area (Å²) in [7, 11) is 0. The Morgan fingerprint density at radius 3 is 2.63 bits per heavy atom. The summed E-state index contributed by atoms with van der Waals surface area (Å²) in [6.07, 6.45) is 3.66. The third kappa shape index (κ3) is 3.82. The fraction of sp³-hybridized carbons (Fsp3) is 0.381. The normalized spacial score (nSPS) is 16.5. The van der Waals surface area contributed by atoms with Crippen LogP contribution < -0.4 is 5.32 Å². The van der Waals surface area contributed by atoms with E-state index in [1.54, 1.807) is 12.1 Å². The van der Waals surface area contributed by atoms with Gasteiger partial charge in [0.2, 0.25) is 0 Å². The highest BCUT2D eigenvalue weighted by atomic mass is 19.1. The van der Waals surface area contributed by atoms with Crippen LogP contribution in [0.25, 0.3) is 11.5 Å². The maximum absolute atomic E-state index is 13.4. The van der Waals surface area contributed by atoms with Crippen LogP contribution in [0.3, 0.4) is 0 Å². The number of H-pyrrole nitrogens is 1. The number of ether oxygens (including phenoxy) is 1. The van der Waals surface area contributed by atoms with Crippen LogP contribution in [0.5, 0.6) is 0 Å². The molecule has 6 heteroatoms. The number of nitrogens with one attached hydrogen (secondary N) is 2. The van der Waals surface area contributed by atoms with Gasteiger partial charge in [-0.1, -0.05) is 12.1 Å². The minimum Gasteiger partial charge on any atom is -0.460 e. The number of halogens is 1. The Bertz CT molecular complexity index is 879. The molecule has 0 atom stereocenters. The fourth-order valence-corrected chi connectivity index (χ4v) is 3.80. The molecule has 0 aliphatic carbocycles. The van der Waals surface area contributed by atoms with E-state index in [1.807, 2.05) is 37.4 Å². The third-order valence-corrected chi connectivity index (χ3v) is 5.39. The Morgan fingerprint density at radius 1 is 1.15 bits per heavy atom. The fourth-order valence-electron chi connectivity index (χ4n) is 3.80. The highest BCUT2D eigenvalue weighted by Crippen LogP contribution is 2.34. The molecule has 0 amide bonds. The predicted molar refractivity (Wildman–Crippen MR) is 101 cm³/mol. The zero-order valence-corrected chi connectivity index (χ0v) is 15.4. The lowest BCUT2D eigenvalue weighted by Gasteiger charge is -2.38. The van der Waals surface area contributed by atoms with E-state index in [0.717, 1.165) is 60.9 Å². The average molecular weight is 369 g/mol. The van der Waals surface area contributed by atoms with Crippen molar-refractivity contribution in [2.75, 3.05) is 19.8 Å². The molecule has 1 aromatic carbocycles. The van der Waals surface area contributed by atoms with Crippen molar-refractivity contribution in [1.29, 1.82) is 0 Å². The van der Waals surface area contributed by atoms with Gasteiger partial charge in [-0.2, -0.15) is 5.10 Å². The van der Waals surface area contributed by atoms with E-state index in [-0.39, 0.29) is 11.2 Å². The molecule has 142 valence electrons. The van der Waals surface area contributed by atoms with Gasteiger partial charge in [0.15, 0.2) is 5.76 Å². The van der Waals surface area contributed by atoms with Gasteiger partial charge in [-0.3, -0.25) is 5.10 Å². The van der Waals surface area contributed by atoms with Crippen LogP contribution in [-0.2, 0) is 16.7 Å². The van der Waals surface area contributed by atoms with Gasteiger partial charge in [-0.15, -0.1) is 0 Å². The number of hydrogen-bond acceptors (Lipinski definition) is 4. The molecule has 0 radical (unpaired) electrons. The minimum atomic E-state index is -0.203. The Kier molecular flexibility index (Phi) is 5.09. The summed E-state index contributed by atoms with van der Waals surface area (Å²) in [6, 6.07) is 10.8. The van der Waals surface area contributed by atoms with Crippen molar-refractivity contribution in [2.24, 2.45) is 0 Å². The number of aromatic nitrogens is 2. The molecule has 5 nitrogen and oxygen atoms in total. The number of benzene rings is 1. The summed E-state index contributed by atoms with van der Waals surface area (Å²) >= 11 is 0. The molecule has 4 rings (SSSR count). The molecule has 1 aliphatic rings. The molecule has 27 heavy (non-hydrogen) atoms. The van der Waals surface area contributed by atoms with Crippen LogP contribution in [-0.4, -0.2) is 30.0 Å². The van der Waals surface area contributed by atoms with Crippen molar-refractivity contribution >= 4 is 0 Å². The van der Waals surface area contributed by atoms with E-state index in [4.69, 9.17) is 9.15 Å². The Labute approximate surface area is 157 Å². The van der Waals surface area contributed by atoms with Crippen molar-refractivity contribution in [1.82, 2.24) is 15.5 Å². The van der Waals surface area contributed by atoms with Gasteiger partial charge in [0.25, 0.3) is 0 Å². The van der Waals surface area contributed by atoms with Crippen molar-refractivity contribution in [2.45, 2.75) is 31.7 Å². The maximum atomic E-state index is 13.4. The second-order valence-electron chi connectivity index (χ2n) is 7.18. The van der Waals surface area contributed by atoms with Crippen LogP contribution in [0.2, 0.25) is 0 Å². The van der Waals surface area contributed by atoms with E-state index in [9.17, 15) is 4.39 Å². The largest absolute Gasteiger partial charge is 0.460 e. The van der Waals surface area contributed by atoms with Crippen molar-refractivity contribution in [3.8, 4) is 11.5 Å². The highest BCUT2D eigenvalue weighted by Gasteiger charge is 2.34. The summed E-state index contributed by atoms with van der Waals surface area (Å²) in [5.41, 5.74) is 3.08. The first-order chi connectivity index (χ1) is 13.2. The maximum Gasteiger partial charge on any atom is 0.152 e. The quantitative estimate of drug-likeness (QED) is 0.690. The molecule has 2 N–H and O–H groups in total. The number of rotatable bonds is 6. The summed E-state index contributed by atoms with van der Waals surface area (Å²) < 4.78 is 24.7. The Hall–Kier alpha value is -2.44. The Morgan fingerprint density at radius 2 is 1.93 bits per heavy atom. The van der Waals surface area contributed by atoms with Crippen LogP contribution >= 0.6 is 0 Å². The predicted octanol–water partition coefficient (Wildman–Crippen LogP) is 3.96. The summed E-state index contributed by atoms with van der Waals surface area (Å²) in [4.78, 5) is 0. The van der Waals surface area contributed by atoms with E-state index in [1.165, 1.54) is 0 Å². The molecule has 3 heterocycles. The zero-order valence-electron chi connectivity index (χ0n) is 15.4. The minimum absolute atomic E-state index is 0.0445. The second kappa shape index (κ2) is 7.66. The standard InChI is InChI=1S/C21H24FN3O2/c1-15-2-7-19(27-15)20-16(13-24-25-20)12-23-14-21(8-10-26-11-9-21)17-3-5-18(22)6-4-17/h2-7,13,23H,8-12,14H2,1H3,(H,24,25). The van der Waals surface area contributed by atoms with Crippen LogP contribution in [0.1, 0.15) is 29.7 Å². The lowest BCUT2D eigenvalue weighted by molar-refractivity contribution is 0.0497. The molecule has 1 saturated heterocycles. The molecular formula is C21H24FN3O2. The van der Waals surface area contributed by atoms with Gasteiger partial charge in [-0.25, -0.2) is 4.39 Å². The molecular weight excluding hydrogens is 345 g/mol. The third-order valence-electron chi connectivity index (χ3n) is 5.39. The molecule has 3 aromatic rings. The van der Waals surface area contributed by atoms with E-state index in [0.29, 0.717) is 6.54 Å². The molecule has 1 fully saturated rings. The van der Waals surface area contributed by atoms with Gasteiger partial charge < -0.3 is 14.5 Å². The number of aryl methyl sites for hydroxylation is 1. The summed E-state index contributed by atoms with van der Waals surface area (Å²) in [5, 5.41) is 10.8. The first kappa shape index (κ1) is 17.9. The van der Waals surface area contributed by atoms with Gasteiger partial charge in [0.05, 0.1) is 6.20 Å². The molecule has 2 aromatic heterocycles. The summed E-state index contributed by atoms with van der Waals surface area (Å²) in [6.45, 7) is 4.85. The number of aromatic amines is 1. The summed E-state index contributed by atoms with van der Waals surface area (Å²) in [5.74, 6) is 1.46. The molecule has 0 saturated carbocycles. The van der Waals surface area contributed by atoms with Gasteiger partial charge in [0.1, 0.15) is 17.3 Å². The van der Waals surface area contributed by atoms with Gasteiger partial charge in [-0.05, 0) is 49.6 Å². The van der Waals surface area contributed by atoms with E-state index >= 15 is 0 Å². The van der Waals surface area contributed by atoms with E-state index in [2.05, 4.69) is 15.5 Å². The number of furan rings is 1. The van der Waals surface area contributed by atoms with Crippen molar-refractivity contribution < 1.29 is 13.5 Å². The molecule has 0 unspecified atom stereocenters. The van der Waals surface area contributed by atoms with Crippen molar-refractivity contribution in [3.05, 3.63) is 65.3 Å². The van der Waals surface area contributed by atoms with Gasteiger partial charge in [0, 0.05) is 37.3 Å². The average Bonchev–Trinajstić information content (AvgIpc) is 3.32. The lowest BCUT2D eigenvalue weighted by atomic mass is 9.74. The number of hydrogen-bond donors (Lipinski definition) is 2.